The van der Waals surface area contributed by atoms with Crippen LogP contribution in [-0.4, -0.2) is 53.1 Å². The third-order valence-electron chi connectivity index (χ3n) is 5.69. The molecule has 1 N–H and O–H groups in total. The quantitative estimate of drug-likeness (QED) is 0.248. The van der Waals surface area contributed by atoms with Gasteiger partial charge in [-0.2, -0.15) is 47.9 Å². The Labute approximate surface area is 232 Å². The lowest BCUT2D eigenvalue weighted by molar-refractivity contribution is -0.245. The first-order valence-corrected chi connectivity index (χ1v) is 15.1. The maximum absolute atomic E-state index is 14.5. The van der Waals surface area contributed by atoms with Crippen LogP contribution in [0.25, 0.3) is 14.9 Å². The van der Waals surface area contributed by atoms with Gasteiger partial charge < -0.3 is 13.6 Å². The summed E-state index contributed by atoms with van der Waals surface area (Å²) in [5.41, 5.74) is -7.75. The van der Waals surface area contributed by atoms with Gasteiger partial charge in [-0.05, 0) is 18.6 Å². The highest BCUT2D eigenvalue weighted by molar-refractivity contribution is 8.13. The second-order valence-electron chi connectivity index (χ2n) is 8.96. The molecule has 238 valence electrons. The number of carbonyl (C=O) groups excluding carboxylic acids is 1. The number of fused-ring (bicyclic) bond motifs is 1. The smallest absolute Gasteiger partial charge is 0.423 e. The summed E-state index contributed by atoms with van der Waals surface area (Å²) in [5.74, 6) is -9.45. The third kappa shape index (κ3) is 5.97. The molecule has 2 aromatic carbocycles. The first kappa shape index (κ1) is 35.3. The van der Waals surface area contributed by atoms with E-state index in [0.717, 1.165) is 18.2 Å². The molecular formula is C20H18F9N2O8S3-. The SMILES string of the molecule is CCC(C)(C)C(=O)Nc1cccc2c(OS(=O)(=O)C(F)(F)C(F)(F)C(F)(F)S(=O)(=O)[N-]S(=O)(=O)C(F)(F)F)cccc12. The Morgan fingerprint density at radius 2 is 1.29 bits per heavy atom. The number of alkyl halides is 9. The van der Waals surface area contributed by atoms with Gasteiger partial charge in [0.2, 0.25) is 5.91 Å². The Morgan fingerprint density at radius 3 is 1.79 bits per heavy atom. The summed E-state index contributed by atoms with van der Waals surface area (Å²) in [6.45, 7) is 4.78. The standard InChI is InChI=1S/C20H18F9N2O8S3/c1-4-16(2,3)15(32)30-13-9-5-8-12-11(13)7-6-10-14(12)39-42(37,38)19(25,26)17(21,22)18(23,24)40(33,34)31-41(35,36)20(27,28)29/h5-10H,4H2,1-3H3,(H,30,32)/q-1. The van der Waals surface area contributed by atoms with E-state index in [1.165, 1.54) is 12.1 Å². The van der Waals surface area contributed by atoms with Gasteiger partial charge in [-0.3, -0.25) is 4.79 Å². The van der Waals surface area contributed by atoms with Crippen LogP contribution < -0.4 is 9.50 Å². The van der Waals surface area contributed by atoms with E-state index in [4.69, 9.17) is 0 Å². The molecule has 42 heavy (non-hydrogen) atoms. The van der Waals surface area contributed by atoms with E-state index in [1.54, 1.807) is 20.8 Å². The molecule has 0 atom stereocenters. The van der Waals surface area contributed by atoms with Crippen molar-refractivity contribution < 1.29 is 73.7 Å². The summed E-state index contributed by atoms with van der Waals surface area (Å²) < 4.78 is 196. The van der Waals surface area contributed by atoms with E-state index in [9.17, 15) is 69.6 Å². The van der Waals surface area contributed by atoms with Crippen LogP contribution in [0.3, 0.4) is 0 Å². The lowest BCUT2D eigenvalue weighted by Crippen LogP contribution is -2.61. The Kier molecular flexibility index (Phi) is 9.00. The highest BCUT2D eigenvalue weighted by Gasteiger charge is 2.81. The maximum atomic E-state index is 14.5. The molecule has 0 fully saturated rings. The summed E-state index contributed by atoms with van der Waals surface area (Å²) in [4.78, 5) is 12.5. The predicted molar refractivity (Wildman–Crippen MR) is 128 cm³/mol. The molecule has 1 amide bonds. The normalized spacial score (nSPS) is 14.6. The fourth-order valence-electron chi connectivity index (χ4n) is 2.79. The molecule has 0 bridgehead atoms. The summed E-state index contributed by atoms with van der Waals surface area (Å²) >= 11 is 0. The van der Waals surface area contributed by atoms with Crippen molar-refractivity contribution in [2.45, 2.75) is 49.1 Å². The summed E-state index contributed by atoms with van der Waals surface area (Å²) in [7, 11) is -22.9. The minimum Gasteiger partial charge on any atom is -0.423 e. The Bertz CT molecular complexity index is 1710. The second kappa shape index (κ2) is 10.7. The molecule has 0 saturated heterocycles. The molecule has 0 spiro atoms. The molecule has 0 aliphatic carbocycles. The fourth-order valence-corrected chi connectivity index (χ4v) is 5.98. The molecule has 2 rings (SSSR count). The molecule has 0 aliphatic heterocycles. The summed E-state index contributed by atoms with van der Waals surface area (Å²) in [5, 5.41) is -12.9. The van der Waals surface area contributed by atoms with Gasteiger partial charge in [0, 0.05) is 21.9 Å². The van der Waals surface area contributed by atoms with Gasteiger partial charge in [0.1, 0.15) is 0 Å². The Balaban J connectivity index is 2.58. The highest BCUT2D eigenvalue weighted by atomic mass is 32.3. The fraction of sp³-hybridized carbons (Fsp3) is 0.450. The summed E-state index contributed by atoms with van der Waals surface area (Å²) in [6.07, 6.45) is 0.343. The topological polar surface area (TPSA) is 155 Å². The van der Waals surface area contributed by atoms with Gasteiger partial charge in [-0.15, -0.1) is 0 Å². The van der Waals surface area contributed by atoms with Crippen LogP contribution in [0.5, 0.6) is 5.75 Å². The molecule has 2 aromatic rings. The number of carbonyl (C=O) groups is 1. The number of hydrogen-bond acceptors (Lipinski definition) is 8. The van der Waals surface area contributed by atoms with E-state index in [2.05, 4.69) is 9.50 Å². The van der Waals surface area contributed by atoms with Crippen LogP contribution in [0.1, 0.15) is 27.2 Å². The van der Waals surface area contributed by atoms with E-state index in [1.807, 2.05) is 0 Å². The van der Waals surface area contributed by atoms with E-state index in [0.29, 0.717) is 16.6 Å². The average Bonchev–Trinajstić information content (AvgIpc) is 2.82. The van der Waals surface area contributed by atoms with Crippen LogP contribution in [0.2, 0.25) is 0 Å². The number of rotatable bonds is 11. The van der Waals surface area contributed by atoms with Gasteiger partial charge in [-0.1, -0.05) is 45.0 Å². The molecule has 0 unspecified atom stereocenters. The molecule has 0 aromatic heterocycles. The van der Waals surface area contributed by atoms with Crippen LogP contribution in [0.15, 0.2) is 36.4 Å². The lowest BCUT2D eigenvalue weighted by Gasteiger charge is -2.35. The number of benzene rings is 2. The largest absolute Gasteiger partial charge is 0.480 e. The molecule has 0 heterocycles. The number of hydrogen-bond donors (Lipinski definition) is 1. The molecule has 0 aliphatic rings. The Morgan fingerprint density at radius 1 is 0.786 bits per heavy atom. The highest BCUT2D eigenvalue weighted by Crippen LogP contribution is 2.53. The second-order valence-corrected chi connectivity index (χ2v) is 14.0. The zero-order chi connectivity index (χ0) is 33.0. The van der Waals surface area contributed by atoms with Crippen molar-refractivity contribution in [2.24, 2.45) is 5.41 Å². The van der Waals surface area contributed by atoms with E-state index in [-0.39, 0.29) is 11.1 Å². The predicted octanol–water partition coefficient (Wildman–Crippen LogP) is 5.30. The van der Waals surface area contributed by atoms with Crippen molar-refractivity contribution in [3.63, 3.8) is 0 Å². The van der Waals surface area contributed by atoms with Crippen molar-refractivity contribution in [1.29, 1.82) is 0 Å². The average molecular weight is 682 g/mol. The number of halogens is 9. The molecule has 0 radical (unpaired) electrons. The third-order valence-corrected chi connectivity index (χ3v) is 10.0. The number of nitrogens with zero attached hydrogens (tertiary/aromatic N) is 1. The van der Waals surface area contributed by atoms with Gasteiger partial charge in [0.25, 0.3) is 0 Å². The zero-order valence-corrected chi connectivity index (χ0v) is 23.5. The molecule has 10 nitrogen and oxygen atoms in total. The molecule has 22 heteroatoms. The number of amides is 1. The number of nitrogens with one attached hydrogen (secondary N) is 1. The van der Waals surface area contributed by atoms with Gasteiger partial charge in [-0.25, -0.2) is 16.8 Å². The summed E-state index contributed by atoms with van der Waals surface area (Å²) in [6, 6.07) is 6.01. The van der Waals surface area contributed by atoms with Crippen molar-refractivity contribution in [3.05, 3.63) is 40.5 Å². The van der Waals surface area contributed by atoms with Crippen LogP contribution in [0, 0.1) is 5.41 Å². The lowest BCUT2D eigenvalue weighted by atomic mass is 9.89. The Hall–Kier alpha value is -2.85. The van der Waals surface area contributed by atoms with Crippen LogP contribution >= 0.6 is 0 Å². The van der Waals surface area contributed by atoms with Crippen molar-refractivity contribution in [3.8, 4) is 5.75 Å². The molecular weight excluding hydrogens is 663 g/mol. The van der Waals surface area contributed by atoms with Gasteiger partial charge >= 0.3 is 32.1 Å². The van der Waals surface area contributed by atoms with Crippen molar-refractivity contribution >= 4 is 52.5 Å². The first-order valence-electron chi connectivity index (χ1n) is 10.8. The number of anilines is 1. The minimum absolute atomic E-state index is 0.0657. The van der Waals surface area contributed by atoms with Gasteiger partial charge in [0.15, 0.2) is 25.8 Å². The molecule has 0 saturated carbocycles. The zero-order valence-electron chi connectivity index (χ0n) is 21.0. The van der Waals surface area contributed by atoms with Crippen molar-refractivity contribution in [2.75, 3.05) is 5.32 Å². The van der Waals surface area contributed by atoms with Gasteiger partial charge in [0.05, 0.1) is 0 Å². The minimum atomic E-state index is -8.05. The van der Waals surface area contributed by atoms with E-state index < -0.39 is 74.6 Å². The number of sulfonamides is 2. The van der Waals surface area contributed by atoms with Crippen LogP contribution in [0.4, 0.5) is 45.2 Å². The first-order chi connectivity index (χ1) is 18.6. The van der Waals surface area contributed by atoms with Crippen LogP contribution in [-0.2, 0) is 35.0 Å². The van der Waals surface area contributed by atoms with Crippen molar-refractivity contribution in [1.82, 2.24) is 0 Å². The monoisotopic (exact) mass is 681 g/mol. The van der Waals surface area contributed by atoms with E-state index >= 15 is 0 Å². The maximum Gasteiger partial charge on any atom is 0.480 e.